The zero-order valence-corrected chi connectivity index (χ0v) is 67.3. The highest BCUT2D eigenvalue weighted by Gasteiger charge is 2.30. The minimum absolute atomic E-state index is 0.108. The van der Waals surface area contributed by atoms with E-state index in [1.807, 2.05) is 0 Å². The maximum atomic E-state index is 13.1. The van der Waals surface area contributed by atoms with Gasteiger partial charge >= 0.3 is 39.5 Å². The number of rotatable bonds is 80. The summed E-state index contributed by atoms with van der Waals surface area (Å²) in [6.45, 7) is 9.68. The molecule has 0 aliphatic heterocycles. The molecule has 0 aromatic rings. The minimum Gasteiger partial charge on any atom is -0.462 e. The van der Waals surface area contributed by atoms with Crippen LogP contribution in [0.1, 0.15) is 427 Å². The number of hydrogen-bond acceptors (Lipinski definition) is 15. The number of phosphoric ester groups is 2. The van der Waals surface area contributed by atoms with E-state index in [9.17, 15) is 43.2 Å². The molecule has 0 radical (unpaired) electrons. The van der Waals surface area contributed by atoms with Crippen molar-refractivity contribution < 1.29 is 80.2 Å². The first-order valence-electron chi connectivity index (χ1n) is 42.0. The Bertz CT molecular complexity index is 1920. The van der Waals surface area contributed by atoms with Gasteiger partial charge in [-0.25, -0.2) is 9.13 Å². The lowest BCUT2D eigenvalue weighted by atomic mass is 10.0. The molecule has 0 saturated heterocycles. The number of unbranched alkanes of at least 4 members (excludes halogenated alkanes) is 50. The summed E-state index contributed by atoms with van der Waals surface area (Å²) in [7, 11) is -9.92. The molecular formula is C81H158O17P2. The average molecular weight is 1470 g/mol. The van der Waals surface area contributed by atoms with Crippen molar-refractivity contribution in [1.29, 1.82) is 0 Å². The Morgan fingerprint density at radius 1 is 0.270 bits per heavy atom. The third-order valence-corrected chi connectivity index (χ3v) is 20.9. The molecule has 2 unspecified atom stereocenters. The zero-order valence-electron chi connectivity index (χ0n) is 65.5. The molecular weight excluding hydrogens is 1310 g/mol. The van der Waals surface area contributed by atoms with E-state index in [-0.39, 0.29) is 25.7 Å². The Kier molecular flexibility index (Phi) is 71.2. The topological polar surface area (TPSA) is 237 Å². The van der Waals surface area contributed by atoms with E-state index in [0.29, 0.717) is 25.7 Å². The van der Waals surface area contributed by atoms with Gasteiger partial charge < -0.3 is 33.8 Å². The maximum absolute atomic E-state index is 13.1. The Balaban J connectivity index is 5.22. The van der Waals surface area contributed by atoms with Crippen LogP contribution in [0.5, 0.6) is 0 Å². The van der Waals surface area contributed by atoms with Crippen LogP contribution in [0.3, 0.4) is 0 Å². The maximum Gasteiger partial charge on any atom is 0.472 e. The molecule has 100 heavy (non-hydrogen) atoms. The molecule has 0 aliphatic rings. The van der Waals surface area contributed by atoms with Crippen molar-refractivity contribution in [2.45, 2.75) is 445 Å². The molecule has 0 heterocycles. The molecule has 5 atom stereocenters. The molecule has 19 heteroatoms. The zero-order chi connectivity index (χ0) is 73.5. The number of ether oxygens (including phenoxy) is 4. The molecule has 0 fully saturated rings. The Morgan fingerprint density at radius 2 is 0.460 bits per heavy atom. The lowest BCUT2D eigenvalue weighted by Gasteiger charge is -2.21. The highest BCUT2D eigenvalue weighted by atomic mass is 31.2. The fourth-order valence-corrected chi connectivity index (χ4v) is 14.1. The third-order valence-electron chi connectivity index (χ3n) is 19.0. The summed E-state index contributed by atoms with van der Waals surface area (Å²) in [6, 6.07) is 0. The van der Waals surface area contributed by atoms with Gasteiger partial charge in [0.15, 0.2) is 12.2 Å². The standard InChI is InChI=1S/C81H158O17P2/c1-7-9-11-13-15-17-19-20-28-34-41-47-53-59-65-80(85)97-76(69-91-78(83)63-57-51-45-39-31-18-16-14-12-10-8-2)71-95-99(87,88)93-67-75(82)68-94-100(89,90)96-72-77(70-92-79(84)64-58-52-46-40-36-30-33-38-44-50-56-62-74(5)6)98-81(86)66-60-54-48-42-35-29-26-24-22-21-23-25-27-32-37-43-49-55-61-73(3)4/h73-77,82H,7-72H2,1-6H3,(H,87,88)(H,89,90)/t75-,76+,77+/m0/s1. The molecule has 0 bridgehead atoms. The van der Waals surface area contributed by atoms with Crippen LogP contribution in [0.15, 0.2) is 0 Å². The third kappa shape index (κ3) is 74.3. The summed E-state index contributed by atoms with van der Waals surface area (Å²) in [5.74, 6) is -0.515. The summed E-state index contributed by atoms with van der Waals surface area (Å²) < 4.78 is 68.7. The quantitative estimate of drug-likeness (QED) is 0.0222. The van der Waals surface area contributed by atoms with E-state index in [1.165, 1.54) is 244 Å². The summed E-state index contributed by atoms with van der Waals surface area (Å²) in [5, 5.41) is 10.6. The minimum atomic E-state index is -4.96. The van der Waals surface area contributed by atoms with Gasteiger partial charge in [-0.15, -0.1) is 0 Å². The molecule has 3 N–H and O–H groups in total. The van der Waals surface area contributed by atoms with E-state index in [0.717, 1.165) is 102 Å². The number of esters is 4. The lowest BCUT2D eigenvalue weighted by molar-refractivity contribution is -0.161. The Morgan fingerprint density at radius 3 is 0.680 bits per heavy atom. The van der Waals surface area contributed by atoms with Crippen molar-refractivity contribution in [1.82, 2.24) is 0 Å². The monoisotopic (exact) mass is 1470 g/mol. The van der Waals surface area contributed by atoms with E-state index < -0.39 is 97.5 Å². The molecule has 594 valence electrons. The first-order valence-corrected chi connectivity index (χ1v) is 45.0. The lowest BCUT2D eigenvalue weighted by Crippen LogP contribution is -2.30. The van der Waals surface area contributed by atoms with Gasteiger partial charge in [-0.05, 0) is 37.5 Å². The van der Waals surface area contributed by atoms with Crippen molar-refractivity contribution in [2.24, 2.45) is 11.8 Å². The summed E-state index contributed by atoms with van der Waals surface area (Å²) in [5.41, 5.74) is 0. The number of carbonyl (C=O) groups excluding carboxylic acids is 4. The molecule has 0 aromatic heterocycles. The summed E-state index contributed by atoms with van der Waals surface area (Å²) >= 11 is 0. The molecule has 0 spiro atoms. The van der Waals surface area contributed by atoms with Crippen molar-refractivity contribution in [2.75, 3.05) is 39.6 Å². The van der Waals surface area contributed by atoms with Crippen LogP contribution in [-0.2, 0) is 65.4 Å². The fourth-order valence-electron chi connectivity index (χ4n) is 12.5. The van der Waals surface area contributed by atoms with E-state index in [1.54, 1.807) is 0 Å². The van der Waals surface area contributed by atoms with Crippen LogP contribution < -0.4 is 0 Å². The molecule has 0 aromatic carbocycles. The Labute approximate surface area is 613 Å². The van der Waals surface area contributed by atoms with E-state index >= 15 is 0 Å². The molecule has 0 rings (SSSR count). The highest BCUT2D eigenvalue weighted by Crippen LogP contribution is 2.45. The second-order valence-electron chi connectivity index (χ2n) is 30.1. The molecule has 0 aliphatic carbocycles. The van der Waals surface area contributed by atoms with Crippen molar-refractivity contribution in [3.8, 4) is 0 Å². The van der Waals surface area contributed by atoms with Crippen LogP contribution >= 0.6 is 15.6 Å². The highest BCUT2D eigenvalue weighted by molar-refractivity contribution is 7.47. The number of phosphoric acid groups is 2. The van der Waals surface area contributed by atoms with Crippen LogP contribution in [0.2, 0.25) is 0 Å². The molecule has 0 saturated carbocycles. The predicted molar refractivity (Wildman–Crippen MR) is 409 cm³/mol. The largest absolute Gasteiger partial charge is 0.472 e. The predicted octanol–water partition coefficient (Wildman–Crippen LogP) is 24.3. The number of aliphatic hydroxyl groups is 1. The van der Waals surface area contributed by atoms with Gasteiger partial charge in [0.1, 0.15) is 19.3 Å². The normalized spacial score (nSPS) is 13.9. The van der Waals surface area contributed by atoms with Crippen LogP contribution in [0.25, 0.3) is 0 Å². The first kappa shape index (κ1) is 98.1. The van der Waals surface area contributed by atoms with Gasteiger partial charge in [0.05, 0.1) is 26.4 Å². The van der Waals surface area contributed by atoms with Gasteiger partial charge in [-0.1, -0.05) is 375 Å². The second-order valence-corrected chi connectivity index (χ2v) is 33.0. The average Bonchev–Trinajstić information content (AvgIpc) is 1.53. The van der Waals surface area contributed by atoms with Crippen molar-refractivity contribution in [3.63, 3.8) is 0 Å². The van der Waals surface area contributed by atoms with Crippen molar-refractivity contribution in [3.05, 3.63) is 0 Å². The van der Waals surface area contributed by atoms with Gasteiger partial charge in [0.2, 0.25) is 0 Å². The van der Waals surface area contributed by atoms with Gasteiger partial charge in [-0.2, -0.15) is 0 Å². The van der Waals surface area contributed by atoms with Crippen LogP contribution in [0, 0.1) is 11.8 Å². The van der Waals surface area contributed by atoms with E-state index in [2.05, 4.69) is 41.5 Å². The van der Waals surface area contributed by atoms with E-state index in [4.69, 9.17) is 37.0 Å². The van der Waals surface area contributed by atoms with Gasteiger partial charge in [0.25, 0.3) is 0 Å². The SMILES string of the molecule is CCCCCCCCCCCCCCCCC(=O)O[C@H](COC(=O)CCCCCCCCCCCCC)COP(=O)(O)OC[C@H](O)COP(=O)(O)OC[C@@H](COC(=O)CCCCCCCCCCCCCC(C)C)OC(=O)CCCCCCCCCCCCCCCCCCCCC(C)C. The smallest absolute Gasteiger partial charge is 0.462 e. The van der Waals surface area contributed by atoms with Crippen LogP contribution in [0.4, 0.5) is 0 Å². The van der Waals surface area contributed by atoms with Gasteiger partial charge in [0, 0.05) is 25.7 Å². The number of hydrogen-bond donors (Lipinski definition) is 3. The summed E-state index contributed by atoms with van der Waals surface area (Å²) in [6.07, 6.45) is 62.3. The second kappa shape index (κ2) is 72.6. The Hall–Kier alpha value is -1.94. The van der Waals surface area contributed by atoms with Crippen LogP contribution in [-0.4, -0.2) is 96.7 Å². The van der Waals surface area contributed by atoms with Crippen molar-refractivity contribution >= 4 is 39.5 Å². The first-order chi connectivity index (χ1) is 48.4. The molecule has 17 nitrogen and oxygen atoms in total. The van der Waals surface area contributed by atoms with Gasteiger partial charge in [-0.3, -0.25) is 37.3 Å². The fraction of sp³-hybridized carbons (Fsp3) is 0.951. The molecule has 0 amide bonds. The summed E-state index contributed by atoms with van der Waals surface area (Å²) in [4.78, 5) is 73.0. The number of carbonyl (C=O) groups is 4. The number of aliphatic hydroxyl groups excluding tert-OH is 1.